The van der Waals surface area contributed by atoms with Crippen LogP contribution in [0.5, 0.6) is 0 Å². The van der Waals surface area contributed by atoms with Gasteiger partial charge >= 0.3 is 0 Å². The first-order valence-corrected chi connectivity index (χ1v) is 7.29. The molecule has 0 saturated carbocycles. The number of nitrogens with two attached hydrogens (primary N) is 1. The van der Waals surface area contributed by atoms with Gasteiger partial charge in [0.25, 0.3) is 0 Å². The number of rotatable bonds is 3. The molecule has 0 spiro atoms. The number of likely N-dealkylation sites (N-methyl/N-ethyl adjacent to an activating group) is 1. The summed E-state index contributed by atoms with van der Waals surface area (Å²) in [6, 6.07) is 9.98. The zero-order valence-corrected chi connectivity index (χ0v) is 12.6. The third-order valence-electron chi connectivity index (χ3n) is 4.32. The Labute approximate surface area is 117 Å². The van der Waals surface area contributed by atoms with Crippen LogP contribution in [0, 0.1) is 0 Å². The summed E-state index contributed by atoms with van der Waals surface area (Å²) in [5.41, 5.74) is 8.65. The fourth-order valence-electron chi connectivity index (χ4n) is 2.75. The molecule has 0 radical (unpaired) electrons. The molecule has 19 heavy (non-hydrogen) atoms. The lowest BCUT2D eigenvalue weighted by Crippen LogP contribution is -2.58. The molecule has 0 amide bonds. The quantitative estimate of drug-likeness (QED) is 0.906. The lowest BCUT2D eigenvalue weighted by atomic mass is 10.0. The standard InChI is InChI=1S/C16H27N3/c1-12(2)14-5-7-15(8-6-14)19-10-13(3)18(4)11-16(19)9-17/h5-8,12-13,16H,9-11,17H2,1-4H3. The largest absolute Gasteiger partial charge is 0.364 e. The smallest absolute Gasteiger partial charge is 0.0540 e. The summed E-state index contributed by atoms with van der Waals surface area (Å²) in [7, 11) is 2.19. The highest BCUT2D eigenvalue weighted by Gasteiger charge is 2.28. The number of piperazine rings is 1. The van der Waals surface area contributed by atoms with Gasteiger partial charge in [-0.25, -0.2) is 0 Å². The predicted octanol–water partition coefficient (Wildman–Crippen LogP) is 2.28. The Morgan fingerprint density at radius 1 is 1.21 bits per heavy atom. The van der Waals surface area contributed by atoms with Crippen molar-refractivity contribution in [2.45, 2.75) is 38.8 Å². The Kier molecular flexibility index (Phi) is 4.48. The minimum atomic E-state index is 0.422. The Morgan fingerprint density at radius 3 is 2.37 bits per heavy atom. The van der Waals surface area contributed by atoms with Gasteiger partial charge in [-0.05, 0) is 37.6 Å². The third-order valence-corrected chi connectivity index (χ3v) is 4.32. The predicted molar refractivity (Wildman–Crippen MR) is 82.8 cm³/mol. The molecule has 1 saturated heterocycles. The molecular weight excluding hydrogens is 234 g/mol. The van der Waals surface area contributed by atoms with Crippen LogP contribution in [-0.2, 0) is 0 Å². The fraction of sp³-hybridized carbons (Fsp3) is 0.625. The zero-order valence-electron chi connectivity index (χ0n) is 12.6. The van der Waals surface area contributed by atoms with Gasteiger partial charge in [-0.3, -0.25) is 4.90 Å². The van der Waals surface area contributed by atoms with Crippen LogP contribution in [0.4, 0.5) is 5.69 Å². The van der Waals surface area contributed by atoms with Gasteiger partial charge in [-0.2, -0.15) is 0 Å². The van der Waals surface area contributed by atoms with Crippen molar-refractivity contribution in [2.75, 3.05) is 31.6 Å². The van der Waals surface area contributed by atoms with Crippen molar-refractivity contribution in [1.29, 1.82) is 0 Å². The molecule has 1 aliphatic heterocycles. The summed E-state index contributed by atoms with van der Waals surface area (Å²) in [5, 5.41) is 0. The first kappa shape index (κ1) is 14.4. The number of anilines is 1. The minimum absolute atomic E-state index is 0.422. The minimum Gasteiger partial charge on any atom is -0.364 e. The van der Waals surface area contributed by atoms with E-state index >= 15 is 0 Å². The molecule has 1 aliphatic rings. The van der Waals surface area contributed by atoms with Crippen molar-refractivity contribution in [3.8, 4) is 0 Å². The molecule has 2 rings (SSSR count). The molecule has 0 aromatic heterocycles. The maximum Gasteiger partial charge on any atom is 0.0540 e. The van der Waals surface area contributed by atoms with Gasteiger partial charge in [0.05, 0.1) is 6.04 Å². The van der Waals surface area contributed by atoms with E-state index in [-0.39, 0.29) is 0 Å². The second-order valence-electron chi connectivity index (χ2n) is 6.08. The van der Waals surface area contributed by atoms with Crippen molar-refractivity contribution in [3.63, 3.8) is 0 Å². The average molecular weight is 261 g/mol. The number of benzene rings is 1. The Hall–Kier alpha value is -1.06. The van der Waals surface area contributed by atoms with Crippen molar-refractivity contribution in [3.05, 3.63) is 29.8 Å². The number of hydrogen-bond donors (Lipinski definition) is 1. The van der Waals surface area contributed by atoms with Crippen molar-refractivity contribution >= 4 is 5.69 Å². The van der Waals surface area contributed by atoms with Gasteiger partial charge in [0.2, 0.25) is 0 Å². The topological polar surface area (TPSA) is 32.5 Å². The van der Waals surface area contributed by atoms with Crippen LogP contribution in [0.25, 0.3) is 0 Å². The van der Waals surface area contributed by atoms with E-state index in [1.54, 1.807) is 0 Å². The first-order valence-electron chi connectivity index (χ1n) is 7.29. The number of hydrogen-bond acceptors (Lipinski definition) is 3. The Bertz CT molecular complexity index is 399. The summed E-state index contributed by atoms with van der Waals surface area (Å²) in [6.07, 6.45) is 0. The summed E-state index contributed by atoms with van der Waals surface area (Å²) in [6.45, 7) is 9.56. The van der Waals surface area contributed by atoms with Crippen LogP contribution in [0.15, 0.2) is 24.3 Å². The normalized spacial score (nSPS) is 25.1. The molecule has 106 valence electrons. The Morgan fingerprint density at radius 2 is 1.84 bits per heavy atom. The van der Waals surface area contributed by atoms with E-state index in [1.165, 1.54) is 11.3 Å². The Balaban J connectivity index is 2.18. The van der Waals surface area contributed by atoms with E-state index in [1.807, 2.05) is 0 Å². The molecule has 3 heteroatoms. The van der Waals surface area contributed by atoms with Crippen molar-refractivity contribution in [1.82, 2.24) is 4.90 Å². The van der Waals surface area contributed by atoms with E-state index in [9.17, 15) is 0 Å². The lowest BCUT2D eigenvalue weighted by Gasteiger charge is -2.44. The monoisotopic (exact) mass is 261 g/mol. The van der Waals surface area contributed by atoms with Crippen LogP contribution >= 0.6 is 0 Å². The zero-order chi connectivity index (χ0) is 14.0. The molecule has 2 unspecified atom stereocenters. The van der Waals surface area contributed by atoms with Gasteiger partial charge < -0.3 is 10.6 Å². The highest BCUT2D eigenvalue weighted by Crippen LogP contribution is 2.24. The van der Waals surface area contributed by atoms with E-state index < -0.39 is 0 Å². The molecule has 2 atom stereocenters. The van der Waals surface area contributed by atoms with Crippen molar-refractivity contribution in [2.24, 2.45) is 5.73 Å². The molecule has 1 fully saturated rings. The molecular formula is C16H27N3. The van der Waals surface area contributed by atoms with Gasteiger partial charge in [-0.15, -0.1) is 0 Å². The maximum atomic E-state index is 5.95. The lowest BCUT2D eigenvalue weighted by molar-refractivity contribution is 0.202. The van der Waals surface area contributed by atoms with Gasteiger partial charge in [0.1, 0.15) is 0 Å². The summed E-state index contributed by atoms with van der Waals surface area (Å²) < 4.78 is 0. The molecule has 1 aromatic rings. The summed E-state index contributed by atoms with van der Waals surface area (Å²) in [4.78, 5) is 4.87. The highest BCUT2D eigenvalue weighted by molar-refractivity contribution is 5.50. The van der Waals surface area contributed by atoms with E-state index in [4.69, 9.17) is 5.73 Å². The molecule has 1 aromatic carbocycles. The van der Waals surface area contributed by atoms with Gasteiger partial charge in [-0.1, -0.05) is 26.0 Å². The maximum absolute atomic E-state index is 5.95. The van der Waals surface area contributed by atoms with Crippen LogP contribution in [-0.4, -0.2) is 43.7 Å². The second kappa shape index (κ2) is 5.93. The number of nitrogens with zero attached hydrogens (tertiary/aromatic N) is 2. The van der Waals surface area contributed by atoms with Crippen molar-refractivity contribution < 1.29 is 0 Å². The molecule has 0 bridgehead atoms. The average Bonchev–Trinajstić information content (AvgIpc) is 2.41. The van der Waals surface area contributed by atoms with Crippen LogP contribution < -0.4 is 10.6 Å². The molecule has 0 aliphatic carbocycles. The van der Waals surface area contributed by atoms with Crippen LogP contribution in [0.3, 0.4) is 0 Å². The fourth-order valence-corrected chi connectivity index (χ4v) is 2.75. The van der Waals surface area contributed by atoms with E-state index in [0.29, 0.717) is 24.5 Å². The van der Waals surface area contributed by atoms with Gasteiger partial charge in [0, 0.05) is 31.4 Å². The second-order valence-corrected chi connectivity index (χ2v) is 6.08. The SMILES string of the molecule is CC(C)c1ccc(N2CC(C)N(C)CC2CN)cc1. The molecule has 2 N–H and O–H groups in total. The van der Waals surface area contributed by atoms with Crippen LogP contribution in [0.2, 0.25) is 0 Å². The third kappa shape index (κ3) is 3.10. The first-order chi connectivity index (χ1) is 9.02. The summed E-state index contributed by atoms with van der Waals surface area (Å²) >= 11 is 0. The molecule has 3 nitrogen and oxygen atoms in total. The molecule has 1 heterocycles. The summed E-state index contributed by atoms with van der Waals surface area (Å²) in [5.74, 6) is 0.589. The van der Waals surface area contributed by atoms with Crippen LogP contribution in [0.1, 0.15) is 32.3 Å². The van der Waals surface area contributed by atoms with E-state index in [0.717, 1.165) is 13.1 Å². The van der Waals surface area contributed by atoms with Gasteiger partial charge in [0.15, 0.2) is 0 Å². The highest BCUT2D eigenvalue weighted by atomic mass is 15.3. The van der Waals surface area contributed by atoms with E-state index in [2.05, 4.69) is 61.9 Å².